The number of hydrogen-bond acceptors (Lipinski definition) is 1. The fourth-order valence-electron chi connectivity index (χ4n) is 2.66. The summed E-state index contributed by atoms with van der Waals surface area (Å²) < 4.78 is 0. The molecule has 0 aliphatic rings. The molecule has 0 spiro atoms. The average molecular weight is 283 g/mol. The largest absolute Gasteiger partial charge is 0.310 e. The highest BCUT2D eigenvalue weighted by Gasteiger charge is 2.15. The summed E-state index contributed by atoms with van der Waals surface area (Å²) in [6, 6.07) is 24.9. The first-order chi connectivity index (χ1) is 10.7. The van der Waals surface area contributed by atoms with E-state index in [0.717, 1.165) is 11.2 Å². The smallest absolute Gasteiger partial charge is 0.113 e. The van der Waals surface area contributed by atoms with Gasteiger partial charge >= 0.3 is 0 Å². The van der Waals surface area contributed by atoms with E-state index in [-0.39, 0.29) is 0 Å². The number of hydrogen-bond donors (Lipinski definition) is 0. The van der Waals surface area contributed by atoms with Crippen LogP contribution in [0, 0.1) is 13.8 Å². The van der Waals surface area contributed by atoms with Crippen molar-refractivity contribution in [2.45, 2.75) is 13.8 Å². The highest BCUT2D eigenvalue weighted by atomic mass is 15.1. The van der Waals surface area contributed by atoms with Gasteiger partial charge in [0.25, 0.3) is 0 Å². The maximum atomic E-state index is 5.85. The molecule has 0 fully saturated rings. The van der Waals surface area contributed by atoms with Gasteiger partial charge in [-0.05, 0) is 49.2 Å². The second-order valence-corrected chi connectivity index (χ2v) is 5.50. The van der Waals surface area contributed by atoms with Crippen molar-refractivity contribution in [3.05, 3.63) is 83.9 Å². The van der Waals surface area contributed by atoms with E-state index >= 15 is 0 Å². The number of anilines is 3. The number of rotatable bonds is 3. The van der Waals surface area contributed by atoms with E-state index in [1.807, 2.05) is 12.1 Å². The van der Waals surface area contributed by atoms with Crippen LogP contribution in [0.2, 0.25) is 0 Å². The first-order valence-electron chi connectivity index (χ1n) is 7.44. The van der Waals surface area contributed by atoms with Gasteiger partial charge in [-0.25, -0.2) is 0 Å². The number of nitrogens with zero attached hydrogens (tertiary/aromatic N) is 1. The van der Waals surface area contributed by atoms with Crippen LogP contribution in [0.4, 0.5) is 17.1 Å². The summed E-state index contributed by atoms with van der Waals surface area (Å²) in [5.41, 5.74) is 6.73. The quantitative estimate of drug-likeness (QED) is 0.636. The normalized spacial score (nSPS) is 10.5. The standard InChI is InChI=1S/C20H18BN/c1-15-7-3-5-9-19(15)22(18-13-11-17(21)12-14-18)20-10-6-4-8-16(20)2/h3-14H,1-2H3. The van der Waals surface area contributed by atoms with E-state index in [1.165, 1.54) is 22.5 Å². The molecule has 3 rings (SSSR count). The van der Waals surface area contributed by atoms with Crippen LogP contribution < -0.4 is 10.4 Å². The second kappa shape index (κ2) is 6.11. The van der Waals surface area contributed by atoms with Crippen molar-refractivity contribution in [2.24, 2.45) is 0 Å². The molecule has 0 unspecified atom stereocenters. The predicted molar refractivity (Wildman–Crippen MR) is 96.0 cm³/mol. The Morgan fingerprint density at radius 1 is 0.636 bits per heavy atom. The molecule has 3 aromatic rings. The third kappa shape index (κ3) is 2.78. The molecule has 0 saturated carbocycles. The highest BCUT2D eigenvalue weighted by Crippen LogP contribution is 2.37. The Kier molecular flexibility index (Phi) is 4.01. The van der Waals surface area contributed by atoms with Gasteiger partial charge in [0.15, 0.2) is 0 Å². The summed E-state index contributed by atoms with van der Waals surface area (Å²) in [6.07, 6.45) is 0. The molecule has 0 aliphatic heterocycles. The number of aryl methyl sites for hydroxylation is 2. The van der Waals surface area contributed by atoms with Crippen LogP contribution in [0.15, 0.2) is 72.8 Å². The molecule has 1 nitrogen and oxygen atoms in total. The summed E-state index contributed by atoms with van der Waals surface area (Å²) in [5.74, 6) is 0. The fraction of sp³-hybridized carbons (Fsp3) is 0.100. The predicted octanol–water partition coefficient (Wildman–Crippen LogP) is 4.57. The minimum Gasteiger partial charge on any atom is -0.310 e. The van der Waals surface area contributed by atoms with Gasteiger partial charge < -0.3 is 4.90 Å². The molecule has 0 aliphatic carbocycles. The van der Waals surface area contributed by atoms with Gasteiger partial charge in [-0.15, -0.1) is 0 Å². The Labute approximate surface area is 133 Å². The maximum Gasteiger partial charge on any atom is 0.113 e. The molecule has 2 heteroatoms. The van der Waals surface area contributed by atoms with Gasteiger partial charge in [-0.3, -0.25) is 0 Å². The zero-order valence-corrected chi connectivity index (χ0v) is 13.0. The van der Waals surface area contributed by atoms with E-state index in [4.69, 9.17) is 7.85 Å². The second-order valence-electron chi connectivity index (χ2n) is 5.50. The molecule has 0 atom stereocenters. The van der Waals surface area contributed by atoms with Gasteiger partial charge in [-0.2, -0.15) is 0 Å². The minimum atomic E-state index is 0.776. The molecular weight excluding hydrogens is 265 g/mol. The molecule has 22 heavy (non-hydrogen) atoms. The summed E-state index contributed by atoms with van der Waals surface area (Å²) in [4.78, 5) is 2.28. The van der Waals surface area contributed by atoms with Crippen molar-refractivity contribution in [1.29, 1.82) is 0 Å². The molecule has 0 aromatic heterocycles. The molecular formula is C20H18BN. The summed E-state index contributed by atoms with van der Waals surface area (Å²) >= 11 is 0. The van der Waals surface area contributed by atoms with E-state index in [9.17, 15) is 0 Å². The molecule has 0 N–H and O–H groups in total. The maximum absolute atomic E-state index is 5.85. The molecule has 0 bridgehead atoms. The van der Waals surface area contributed by atoms with Crippen molar-refractivity contribution in [3.8, 4) is 0 Å². The van der Waals surface area contributed by atoms with Crippen LogP contribution >= 0.6 is 0 Å². The molecule has 0 heterocycles. The lowest BCUT2D eigenvalue weighted by atomic mass is 9.96. The molecule has 3 aromatic carbocycles. The van der Waals surface area contributed by atoms with Gasteiger partial charge in [-0.1, -0.05) is 54.0 Å². The monoisotopic (exact) mass is 283 g/mol. The zero-order valence-electron chi connectivity index (χ0n) is 13.0. The Morgan fingerprint density at radius 3 is 1.55 bits per heavy atom. The lowest BCUT2D eigenvalue weighted by Crippen LogP contribution is -2.13. The van der Waals surface area contributed by atoms with Gasteiger partial charge in [0.2, 0.25) is 0 Å². The van der Waals surface area contributed by atoms with Crippen LogP contribution in [0.5, 0.6) is 0 Å². The lowest BCUT2D eigenvalue weighted by molar-refractivity contribution is 1.23. The Balaban J connectivity index is 2.21. The first-order valence-corrected chi connectivity index (χ1v) is 7.44. The van der Waals surface area contributed by atoms with Crippen molar-refractivity contribution in [2.75, 3.05) is 4.90 Å². The van der Waals surface area contributed by atoms with Crippen molar-refractivity contribution in [1.82, 2.24) is 0 Å². The van der Waals surface area contributed by atoms with E-state index < -0.39 is 0 Å². The summed E-state index contributed by atoms with van der Waals surface area (Å²) in [6.45, 7) is 4.27. The third-order valence-electron chi connectivity index (χ3n) is 3.86. The molecule has 0 saturated heterocycles. The van der Waals surface area contributed by atoms with Crippen LogP contribution in [0.1, 0.15) is 11.1 Å². The molecule has 0 amide bonds. The summed E-state index contributed by atoms with van der Waals surface area (Å²) in [7, 11) is 5.85. The van der Waals surface area contributed by atoms with Crippen LogP contribution in [-0.4, -0.2) is 7.85 Å². The van der Waals surface area contributed by atoms with Crippen molar-refractivity contribution >= 4 is 30.4 Å². The molecule has 2 radical (unpaired) electrons. The van der Waals surface area contributed by atoms with Crippen molar-refractivity contribution < 1.29 is 0 Å². The van der Waals surface area contributed by atoms with Crippen LogP contribution in [0.3, 0.4) is 0 Å². The Morgan fingerprint density at radius 2 is 1.09 bits per heavy atom. The van der Waals surface area contributed by atoms with Gasteiger partial charge in [0.1, 0.15) is 7.85 Å². The lowest BCUT2D eigenvalue weighted by Gasteiger charge is -2.28. The van der Waals surface area contributed by atoms with Crippen LogP contribution in [0.25, 0.3) is 0 Å². The van der Waals surface area contributed by atoms with Crippen LogP contribution in [-0.2, 0) is 0 Å². The minimum absolute atomic E-state index is 0.776. The zero-order chi connectivity index (χ0) is 15.5. The summed E-state index contributed by atoms with van der Waals surface area (Å²) in [5, 5.41) is 0. The number of para-hydroxylation sites is 2. The van der Waals surface area contributed by atoms with Gasteiger partial charge in [0, 0.05) is 17.1 Å². The number of benzene rings is 3. The Bertz CT molecular complexity index is 732. The fourth-order valence-corrected chi connectivity index (χ4v) is 2.66. The highest BCUT2D eigenvalue weighted by molar-refractivity contribution is 6.32. The van der Waals surface area contributed by atoms with E-state index in [2.05, 4.69) is 79.4 Å². The SMILES string of the molecule is [B]c1ccc(N(c2ccccc2C)c2ccccc2C)cc1. The first kappa shape index (κ1) is 14.5. The molecule has 106 valence electrons. The topological polar surface area (TPSA) is 3.24 Å². The van der Waals surface area contributed by atoms with Gasteiger partial charge in [0.05, 0.1) is 0 Å². The van der Waals surface area contributed by atoms with Crippen molar-refractivity contribution in [3.63, 3.8) is 0 Å². The Hall–Kier alpha value is -2.48. The van der Waals surface area contributed by atoms with E-state index in [0.29, 0.717) is 0 Å². The average Bonchev–Trinajstić information content (AvgIpc) is 2.53. The van der Waals surface area contributed by atoms with E-state index in [1.54, 1.807) is 0 Å². The third-order valence-corrected chi connectivity index (χ3v) is 3.86.